The molecule has 0 aromatic heterocycles. The van der Waals surface area contributed by atoms with Crippen molar-refractivity contribution in [2.24, 2.45) is 0 Å². The van der Waals surface area contributed by atoms with Crippen LogP contribution in [0.3, 0.4) is 0 Å². The second-order valence-electron chi connectivity index (χ2n) is 5.70. The molecule has 1 N–H and O–H groups in total. The standard InChI is InChI=1S/C20H18N2O/c21-13-12-15-6-8-17(9-7-15)22-19-10-11-20(23)18(19)14-16-4-2-1-3-5-16/h1-9,22H,10-12,14H2. The minimum absolute atomic E-state index is 0.234. The zero-order valence-electron chi connectivity index (χ0n) is 12.9. The van der Waals surface area contributed by atoms with E-state index in [0.29, 0.717) is 19.3 Å². The molecule has 0 heterocycles. The summed E-state index contributed by atoms with van der Waals surface area (Å²) in [6, 6.07) is 20.0. The van der Waals surface area contributed by atoms with Gasteiger partial charge in [0.25, 0.3) is 0 Å². The Morgan fingerprint density at radius 2 is 1.70 bits per heavy atom. The van der Waals surface area contributed by atoms with Crippen molar-refractivity contribution in [1.29, 1.82) is 5.26 Å². The minimum atomic E-state index is 0.234. The molecule has 0 amide bonds. The molecule has 0 spiro atoms. The number of allylic oxidation sites excluding steroid dienone is 2. The molecule has 1 aliphatic carbocycles. The highest BCUT2D eigenvalue weighted by Gasteiger charge is 2.23. The van der Waals surface area contributed by atoms with Crippen molar-refractivity contribution < 1.29 is 4.79 Å². The van der Waals surface area contributed by atoms with Gasteiger partial charge in [0.15, 0.2) is 5.78 Å². The van der Waals surface area contributed by atoms with Crippen molar-refractivity contribution in [2.75, 3.05) is 5.32 Å². The molecule has 0 fully saturated rings. The topological polar surface area (TPSA) is 52.9 Å². The lowest BCUT2D eigenvalue weighted by molar-refractivity contribution is -0.115. The number of hydrogen-bond donors (Lipinski definition) is 1. The first-order valence-electron chi connectivity index (χ1n) is 7.78. The Morgan fingerprint density at radius 1 is 0.957 bits per heavy atom. The molecular formula is C20H18N2O. The average molecular weight is 302 g/mol. The molecule has 2 aromatic rings. The molecule has 0 bridgehead atoms. The SMILES string of the molecule is N#CCc1ccc(NC2=C(Cc3ccccc3)C(=O)CC2)cc1. The summed E-state index contributed by atoms with van der Waals surface area (Å²) in [4.78, 5) is 12.2. The molecule has 0 radical (unpaired) electrons. The van der Waals surface area contributed by atoms with Crippen molar-refractivity contribution in [3.8, 4) is 6.07 Å². The van der Waals surface area contributed by atoms with Gasteiger partial charge in [0.2, 0.25) is 0 Å². The number of nitrogens with zero attached hydrogens (tertiary/aromatic N) is 1. The van der Waals surface area contributed by atoms with E-state index in [9.17, 15) is 4.79 Å². The third-order valence-corrected chi connectivity index (χ3v) is 4.06. The van der Waals surface area contributed by atoms with Gasteiger partial charge in [-0.15, -0.1) is 0 Å². The molecule has 0 saturated carbocycles. The lowest BCUT2D eigenvalue weighted by Crippen LogP contribution is -2.05. The fourth-order valence-corrected chi connectivity index (χ4v) is 2.82. The summed E-state index contributed by atoms with van der Waals surface area (Å²) in [6.45, 7) is 0. The first-order valence-corrected chi connectivity index (χ1v) is 7.78. The quantitative estimate of drug-likeness (QED) is 0.907. The number of ketones is 1. The molecule has 114 valence electrons. The van der Waals surface area contributed by atoms with Crippen LogP contribution in [-0.2, 0) is 17.6 Å². The number of Topliss-reactive ketones (excluding diaryl/α,β-unsaturated/α-hetero) is 1. The highest BCUT2D eigenvalue weighted by atomic mass is 16.1. The van der Waals surface area contributed by atoms with E-state index >= 15 is 0 Å². The van der Waals surface area contributed by atoms with Crippen molar-refractivity contribution in [3.63, 3.8) is 0 Å². The number of carbonyl (C=O) groups is 1. The van der Waals surface area contributed by atoms with E-state index in [1.807, 2.05) is 54.6 Å². The van der Waals surface area contributed by atoms with Gasteiger partial charge in [-0.3, -0.25) is 4.79 Å². The third kappa shape index (κ3) is 3.67. The predicted octanol–water partition coefficient (Wildman–Crippen LogP) is 4.02. The Kier molecular flexibility index (Phi) is 4.54. The van der Waals surface area contributed by atoms with Crippen LogP contribution >= 0.6 is 0 Å². The molecule has 3 nitrogen and oxygen atoms in total. The zero-order valence-corrected chi connectivity index (χ0v) is 12.9. The monoisotopic (exact) mass is 302 g/mol. The van der Waals surface area contributed by atoms with Crippen LogP contribution in [0.2, 0.25) is 0 Å². The second-order valence-corrected chi connectivity index (χ2v) is 5.70. The molecule has 2 aromatic carbocycles. The molecule has 0 saturated heterocycles. The third-order valence-electron chi connectivity index (χ3n) is 4.06. The van der Waals surface area contributed by atoms with Crippen molar-refractivity contribution in [3.05, 3.63) is 77.0 Å². The van der Waals surface area contributed by atoms with Gasteiger partial charge in [-0.25, -0.2) is 0 Å². The van der Waals surface area contributed by atoms with E-state index in [2.05, 4.69) is 11.4 Å². The van der Waals surface area contributed by atoms with Gasteiger partial charge >= 0.3 is 0 Å². The van der Waals surface area contributed by atoms with Crippen LogP contribution in [0, 0.1) is 11.3 Å². The van der Waals surface area contributed by atoms with E-state index in [0.717, 1.165) is 34.5 Å². The van der Waals surface area contributed by atoms with Gasteiger partial charge in [-0.05, 0) is 29.7 Å². The lowest BCUT2D eigenvalue weighted by Gasteiger charge is -2.11. The number of carbonyl (C=O) groups excluding carboxylic acids is 1. The zero-order chi connectivity index (χ0) is 16.1. The number of nitriles is 1. The van der Waals surface area contributed by atoms with E-state index in [4.69, 9.17) is 5.26 Å². The molecular weight excluding hydrogens is 284 g/mol. The van der Waals surface area contributed by atoms with Crippen molar-refractivity contribution in [2.45, 2.75) is 25.7 Å². The summed E-state index contributed by atoms with van der Waals surface area (Å²) in [5, 5.41) is 12.1. The van der Waals surface area contributed by atoms with Gasteiger partial charge in [0.05, 0.1) is 12.5 Å². The Balaban J connectivity index is 1.78. The van der Waals surface area contributed by atoms with Gasteiger partial charge < -0.3 is 5.32 Å². The van der Waals surface area contributed by atoms with Crippen LogP contribution in [0.4, 0.5) is 5.69 Å². The molecule has 0 unspecified atom stereocenters. The first kappa shape index (κ1) is 15.1. The second kappa shape index (κ2) is 6.93. The highest BCUT2D eigenvalue weighted by Crippen LogP contribution is 2.27. The molecule has 1 aliphatic rings. The number of nitrogens with one attached hydrogen (secondary N) is 1. The number of anilines is 1. The van der Waals surface area contributed by atoms with E-state index in [-0.39, 0.29) is 5.78 Å². The van der Waals surface area contributed by atoms with Crippen LogP contribution < -0.4 is 5.32 Å². The maximum atomic E-state index is 12.2. The fraction of sp³-hybridized carbons (Fsp3) is 0.200. The Bertz CT molecular complexity index is 768. The Hall–Kier alpha value is -2.86. The van der Waals surface area contributed by atoms with Crippen LogP contribution in [0.25, 0.3) is 0 Å². The summed E-state index contributed by atoms with van der Waals surface area (Å²) in [5.74, 6) is 0.234. The summed E-state index contributed by atoms with van der Waals surface area (Å²) in [7, 11) is 0. The number of hydrogen-bond acceptors (Lipinski definition) is 3. The fourth-order valence-electron chi connectivity index (χ4n) is 2.82. The normalized spacial score (nSPS) is 14.0. The highest BCUT2D eigenvalue weighted by molar-refractivity contribution is 5.99. The minimum Gasteiger partial charge on any atom is -0.359 e. The van der Waals surface area contributed by atoms with E-state index in [1.165, 1.54) is 0 Å². The maximum Gasteiger partial charge on any atom is 0.161 e. The Morgan fingerprint density at radius 3 is 2.39 bits per heavy atom. The van der Waals surface area contributed by atoms with E-state index in [1.54, 1.807) is 0 Å². The predicted molar refractivity (Wildman–Crippen MR) is 90.8 cm³/mol. The van der Waals surface area contributed by atoms with Crippen LogP contribution in [0.15, 0.2) is 65.9 Å². The van der Waals surface area contributed by atoms with Crippen LogP contribution in [0.1, 0.15) is 24.0 Å². The number of rotatable bonds is 5. The van der Waals surface area contributed by atoms with E-state index < -0.39 is 0 Å². The van der Waals surface area contributed by atoms with Gasteiger partial charge in [0, 0.05) is 29.8 Å². The van der Waals surface area contributed by atoms with Gasteiger partial charge in [-0.2, -0.15) is 5.26 Å². The molecule has 0 atom stereocenters. The molecule has 0 aliphatic heterocycles. The molecule has 23 heavy (non-hydrogen) atoms. The van der Waals surface area contributed by atoms with Gasteiger partial charge in [-0.1, -0.05) is 42.5 Å². The van der Waals surface area contributed by atoms with Crippen LogP contribution in [0.5, 0.6) is 0 Å². The summed E-state index contributed by atoms with van der Waals surface area (Å²) >= 11 is 0. The maximum absolute atomic E-state index is 12.2. The average Bonchev–Trinajstić information content (AvgIpc) is 2.91. The van der Waals surface area contributed by atoms with Crippen molar-refractivity contribution in [1.82, 2.24) is 0 Å². The van der Waals surface area contributed by atoms with Crippen molar-refractivity contribution >= 4 is 11.5 Å². The summed E-state index contributed by atoms with van der Waals surface area (Å²) < 4.78 is 0. The molecule has 3 rings (SSSR count). The molecule has 3 heteroatoms. The summed E-state index contributed by atoms with van der Waals surface area (Å²) in [6.07, 6.45) is 2.44. The smallest absolute Gasteiger partial charge is 0.161 e. The number of benzene rings is 2. The summed E-state index contributed by atoms with van der Waals surface area (Å²) in [5.41, 5.74) is 5.02. The lowest BCUT2D eigenvalue weighted by atomic mass is 10.0. The first-order chi connectivity index (χ1) is 11.3. The van der Waals surface area contributed by atoms with Gasteiger partial charge in [0.1, 0.15) is 0 Å². The Labute approximate surface area is 136 Å². The van der Waals surface area contributed by atoms with Crippen LogP contribution in [-0.4, -0.2) is 5.78 Å². The largest absolute Gasteiger partial charge is 0.359 e.